The first-order valence-corrected chi connectivity index (χ1v) is 12.5. The monoisotopic (exact) mass is 463 g/mol. The normalized spacial score (nSPS) is 14.9. The number of sulfonamides is 1. The van der Waals surface area contributed by atoms with E-state index < -0.39 is 10.0 Å². The first-order valence-electron chi connectivity index (χ1n) is 10.7. The molecule has 6 nitrogen and oxygen atoms in total. The number of hydrogen-bond donors (Lipinski definition) is 1. The second-order valence-electron chi connectivity index (χ2n) is 7.88. The summed E-state index contributed by atoms with van der Waals surface area (Å²) in [5.41, 5.74) is 1.24. The second-order valence-corrected chi connectivity index (χ2v) is 10.2. The fraction of sp³-hybridized carbons (Fsp3) is 0.435. The summed E-state index contributed by atoms with van der Waals surface area (Å²) in [6.45, 7) is 5.24. The Bertz CT molecular complexity index is 974. The fourth-order valence-electron chi connectivity index (χ4n) is 3.69. The molecule has 0 saturated carbocycles. The van der Waals surface area contributed by atoms with Crippen LogP contribution >= 0.6 is 11.6 Å². The van der Waals surface area contributed by atoms with Gasteiger partial charge in [0.05, 0.1) is 15.6 Å². The molecule has 2 aromatic carbocycles. The second kappa shape index (κ2) is 11.0. The number of hydrogen-bond acceptors (Lipinski definition) is 4. The molecular weight excluding hydrogens is 434 g/mol. The molecule has 1 aliphatic rings. The minimum absolute atomic E-state index is 0.121. The highest BCUT2D eigenvalue weighted by Crippen LogP contribution is 2.30. The van der Waals surface area contributed by atoms with Gasteiger partial charge in [0.25, 0.3) is 10.0 Å². The van der Waals surface area contributed by atoms with Crippen LogP contribution in [0.4, 0.5) is 5.69 Å². The van der Waals surface area contributed by atoms with Gasteiger partial charge in [-0.25, -0.2) is 8.42 Å². The predicted molar refractivity (Wildman–Crippen MR) is 125 cm³/mol. The molecule has 0 aromatic heterocycles. The molecule has 31 heavy (non-hydrogen) atoms. The quantitative estimate of drug-likeness (QED) is 0.573. The number of benzene rings is 2. The van der Waals surface area contributed by atoms with E-state index >= 15 is 0 Å². The van der Waals surface area contributed by atoms with E-state index in [4.69, 9.17) is 11.6 Å². The van der Waals surface area contributed by atoms with E-state index in [9.17, 15) is 13.2 Å². The van der Waals surface area contributed by atoms with Crippen LogP contribution in [0, 0.1) is 6.92 Å². The molecule has 1 saturated heterocycles. The van der Waals surface area contributed by atoms with Gasteiger partial charge in [-0.2, -0.15) is 0 Å². The number of rotatable bonds is 9. The van der Waals surface area contributed by atoms with Crippen LogP contribution in [-0.2, 0) is 14.8 Å². The van der Waals surface area contributed by atoms with E-state index in [0.717, 1.165) is 35.9 Å². The standard InChI is InChI=1S/C23H30ClN3O3S/c1-19-10-12-20(13-11-19)31(29,30)27(22-9-4-3-8-21(22)24)18-23(28)25-14-7-17-26-15-5-2-6-16-26/h3-4,8-13H,2,5-7,14-18H2,1H3,(H,25,28). The third kappa shape index (κ3) is 6.45. The topological polar surface area (TPSA) is 69.7 Å². The Kier molecular flexibility index (Phi) is 8.35. The third-order valence-electron chi connectivity index (χ3n) is 5.44. The predicted octanol–water partition coefficient (Wildman–Crippen LogP) is 3.84. The minimum atomic E-state index is -3.96. The van der Waals surface area contributed by atoms with Gasteiger partial charge < -0.3 is 10.2 Å². The van der Waals surface area contributed by atoms with Gasteiger partial charge in [-0.1, -0.05) is 47.9 Å². The van der Waals surface area contributed by atoms with Crippen LogP contribution in [0.3, 0.4) is 0 Å². The van der Waals surface area contributed by atoms with Gasteiger partial charge in [0.15, 0.2) is 0 Å². The molecule has 0 radical (unpaired) electrons. The Balaban J connectivity index is 1.69. The van der Waals surface area contributed by atoms with Gasteiger partial charge in [0.1, 0.15) is 6.54 Å². The molecule has 3 rings (SSSR count). The molecule has 0 spiro atoms. The zero-order valence-electron chi connectivity index (χ0n) is 17.9. The van der Waals surface area contributed by atoms with Gasteiger partial charge in [-0.3, -0.25) is 9.10 Å². The highest BCUT2D eigenvalue weighted by molar-refractivity contribution is 7.92. The van der Waals surface area contributed by atoms with E-state index in [2.05, 4.69) is 10.2 Å². The molecule has 2 aromatic rings. The number of carbonyl (C=O) groups is 1. The molecule has 1 N–H and O–H groups in total. The highest BCUT2D eigenvalue weighted by Gasteiger charge is 2.28. The number of halogens is 1. The number of carbonyl (C=O) groups excluding carboxylic acids is 1. The first kappa shape index (κ1) is 23.6. The largest absolute Gasteiger partial charge is 0.354 e. The van der Waals surface area contributed by atoms with Gasteiger partial charge in [-0.05, 0) is 70.1 Å². The molecule has 8 heteroatoms. The maximum atomic E-state index is 13.3. The molecule has 168 valence electrons. The van der Waals surface area contributed by atoms with Crippen LogP contribution in [-0.4, -0.2) is 51.9 Å². The summed E-state index contributed by atoms with van der Waals surface area (Å²) in [6.07, 6.45) is 4.59. The molecule has 0 atom stereocenters. The number of likely N-dealkylation sites (tertiary alicyclic amines) is 1. The van der Waals surface area contributed by atoms with Crippen molar-refractivity contribution in [1.29, 1.82) is 0 Å². The van der Waals surface area contributed by atoms with Crippen LogP contribution in [0.5, 0.6) is 0 Å². The summed E-state index contributed by atoms with van der Waals surface area (Å²) in [5, 5.41) is 3.13. The lowest BCUT2D eigenvalue weighted by Gasteiger charge is -2.26. The highest BCUT2D eigenvalue weighted by atomic mass is 35.5. The third-order valence-corrected chi connectivity index (χ3v) is 7.53. The zero-order valence-corrected chi connectivity index (χ0v) is 19.5. The summed E-state index contributed by atoms with van der Waals surface area (Å²) < 4.78 is 27.8. The van der Waals surface area contributed by atoms with Crippen molar-refractivity contribution in [2.45, 2.75) is 37.5 Å². The molecule has 0 unspecified atom stereocenters. The van der Waals surface area contributed by atoms with Crippen LogP contribution < -0.4 is 9.62 Å². The summed E-state index contributed by atoms with van der Waals surface area (Å²) in [6, 6.07) is 13.2. The molecule has 0 aliphatic carbocycles. The van der Waals surface area contributed by atoms with Crippen molar-refractivity contribution in [3.8, 4) is 0 Å². The summed E-state index contributed by atoms with van der Waals surface area (Å²) in [7, 11) is -3.96. The van der Waals surface area contributed by atoms with E-state index in [-0.39, 0.29) is 28.1 Å². The number of nitrogens with zero attached hydrogens (tertiary/aromatic N) is 2. The SMILES string of the molecule is Cc1ccc(S(=O)(=O)N(CC(=O)NCCCN2CCCCC2)c2ccccc2Cl)cc1. The van der Waals surface area contributed by atoms with E-state index in [0.29, 0.717) is 6.54 Å². The van der Waals surface area contributed by atoms with Gasteiger partial charge in [0.2, 0.25) is 5.91 Å². The average Bonchev–Trinajstić information content (AvgIpc) is 2.77. The van der Waals surface area contributed by atoms with Crippen LogP contribution in [0.1, 0.15) is 31.2 Å². The average molecular weight is 464 g/mol. The molecular formula is C23H30ClN3O3S. The summed E-state index contributed by atoms with van der Waals surface area (Å²) in [5.74, 6) is -0.353. The van der Waals surface area contributed by atoms with Crippen LogP contribution in [0.25, 0.3) is 0 Å². The van der Waals surface area contributed by atoms with Crippen LogP contribution in [0.15, 0.2) is 53.4 Å². The lowest BCUT2D eigenvalue weighted by Crippen LogP contribution is -2.41. The van der Waals surface area contributed by atoms with Gasteiger partial charge in [0, 0.05) is 6.54 Å². The van der Waals surface area contributed by atoms with Crippen molar-refractivity contribution in [2.24, 2.45) is 0 Å². The number of anilines is 1. The molecule has 1 amide bonds. The van der Waals surface area contributed by atoms with E-state index in [1.165, 1.54) is 19.3 Å². The Morgan fingerprint density at radius 3 is 2.42 bits per heavy atom. The van der Waals surface area contributed by atoms with Crippen molar-refractivity contribution in [3.05, 3.63) is 59.1 Å². The maximum Gasteiger partial charge on any atom is 0.264 e. The Morgan fingerprint density at radius 2 is 1.74 bits per heavy atom. The lowest BCUT2D eigenvalue weighted by molar-refractivity contribution is -0.119. The molecule has 0 bridgehead atoms. The Morgan fingerprint density at radius 1 is 1.06 bits per heavy atom. The maximum absolute atomic E-state index is 13.3. The van der Waals surface area contributed by atoms with E-state index in [1.54, 1.807) is 48.5 Å². The van der Waals surface area contributed by atoms with Crippen LogP contribution in [0.2, 0.25) is 5.02 Å². The molecule has 1 heterocycles. The van der Waals surface area contributed by atoms with Crippen molar-refractivity contribution in [3.63, 3.8) is 0 Å². The fourth-order valence-corrected chi connectivity index (χ4v) is 5.42. The van der Waals surface area contributed by atoms with Gasteiger partial charge >= 0.3 is 0 Å². The summed E-state index contributed by atoms with van der Waals surface area (Å²) >= 11 is 6.29. The lowest BCUT2D eigenvalue weighted by atomic mass is 10.1. The van der Waals surface area contributed by atoms with Crippen molar-refractivity contribution in [2.75, 3.05) is 37.0 Å². The number of nitrogens with one attached hydrogen (secondary N) is 1. The zero-order chi connectivity index (χ0) is 22.3. The van der Waals surface area contributed by atoms with E-state index in [1.807, 2.05) is 6.92 Å². The van der Waals surface area contributed by atoms with Crippen molar-refractivity contribution >= 4 is 33.2 Å². The minimum Gasteiger partial charge on any atom is -0.354 e. The van der Waals surface area contributed by atoms with Gasteiger partial charge in [-0.15, -0.1) is 0 Å². The van der Waals surface area contributed by atoms with Crippen molar-refractivity contribution < 1.29 is 13.2 Å². The van der Waals surface area contributed by atoms with Crippen molar-refractivity contribution in [1.82, 2.24) is 10.2 Å². The number of amides is 1. The molecule has 1 aliphatic heterocycles. The molecule has 1 fully saturated rings. The Hall–Kier alpha value is -2.09. The Labute approximate surface area is 190 Å². The summed E-state index contributed by atoms with van der Waals surface area (Å²) in [4.78, 5) is 15.2. The number of piperidine rings is 1. The number of aryl methyl sites for hydroxylation is 1. The smallest absolute Gasteiger partial charge is 0.264 e. The first-order chi connectivity index (χ1) is 14.9. The number of para-hydroxylation sites is 1.